The molecule has 0 atom stereocenters. The fourth-order valence-corrected chi connectivity index (χ4v) is 2.49. The van der Waals surface area contributed by atoms with Crippen molar-refractivity contribution in [1.82, 2.24) is 9.97 Å². The third kappa shape index (κ3) is 3.41. The molecule has 100 valence electrons. The van der Waals surface area contributed by atoms with E-state index < -0.39 is 0 Å². The number of rotatable bonds is 2. The van der Waals surface area contributed by atoms with E-state index in [2.05, 4.69) is 38.8 Å². The summed E-state index contributed by atoms with van der Waals surface area (Å²) in [5, 5.41) is 1.39. The minimum Gasteiger partial charge on any atom is -0.296 e. The van der Waals surface area contributed by atoms with Gasteiger partial charge in [-0.1, -0.05) is 31.0 Å². The molecule has 2 rings (SSSR count). The van der Waals surface area contributed by atoms with Crippen LogP contribution in [0.4, 0.5) is 0 Å². The van der Waals surface area contributed by atoms with Gasteiger partial charge in [0.25, 0.3) is 0 Å². The number of allylic oxidation sites excluding steroid dienone is 2. The number of hydrogen-bond acceptors (Lipinski definition) is 5. The molecule has 1 aliphatic heterocycles. The molecule has 0 spiro atoms. The van der Waals surface area contributed by atoms with E-state index in [1.54, 1.807) is 19.4 Å². The van der Waals surface area contributed by atoms with Gasteiger partial charge in [0.1, 0.15) is 5.35 Å². The Balaban J connectivity index is 2.64. The van der Waals surface area contributed by atoms with E-state index >= 15 is 0 Å². The van der Waals surface area contributed by atoms with Gasteiger partial charge < -0.3 is 0 Å². The van der Waals surface area contributed by atoms with Crippen LogP contribution in [-0.4, -0.2) is 23.2 Å². The first kappa shape index (κ1) is 14.2. The number of fused-ring (bicyclic) bond motifs is 1. The van der Waals surface area contributed by atoms with E-state index in [4.69, 9.17) is 0 Å². The van der Waals surface area contributed by atoms with Crippen LogP contribution in [0.5, 0.6) is 0 Å². The maximum atomic E-state index is 4.40. The summed E-state index contributed by atoms with van der Waals surface area (Å²) in [5.74, 6) is 0. The molecule has 0 bridgehead atoms. The van der Waals surface area contributed by atoms with E-state index in [9.17, 15) is 0 Å². The van der Waals surface area contributed by atoms with Gasteiger partial charge in [-0.25, -0.2) is 9.98 Å². The monoisotopic (exact) mass is 282 g/mol. The van der Waals surface area contributed by atoms with Crippen LogP contribution in [0.15, 0.2) is 62.9 Å². The van der Waals surface area contributed by atoms with E-state index in [1.807, 2.05) is 18.4 Å². The van der Waals surface area contributed by atoms with Gasteiger partial charge in [-0.05, 0) is 18.1 Å². The predicted octanol–water partition coefficient (Wildman–Crippen LogP) is 1.78. The van der Waals surface area contributed by atoms with Crippen molar-refractivity contribution in [2.75, 3.05) is 7.05 Å². The zero-order chi connectivity index (χ0) is 14.4. The minimum absolute atomic E-state index is 0.585. The highest BCUT2D eigenvalue weighted by Crippen LogP contribution is 2.29. The summed E-state index contributed by atoms with van der Waals surface area (Å²) in [7, 11) is 1.74. The molecule has 4 nitrogen and oxygen atoms in total. The van der Waals surface area contributed by atoms with Crippen LogP contribution in [-0.2, 0) is 0 Å². The molecule has 2 heterocycles. The van der Waals surface area contributed by atoms with Crippen molar-refractivity contribution in [3.63, 3.8) is 0 Å². The second-order valence-corrected chi connectivity index (χ2v) is 5.02. The third-order valence-electron chi connectivity index (χ3n) is 2.51. The second-order valence-electron chi connectivity index (χ2n) is 3.91. The Morgan fingerprint density at radius 2 is 2.20 bits per heavy atom. The quantitative estimate of drug-likeness (QED) is 0.614. The van der Waals surface area contributed by atoms with Crippen molar-refractivity contribution in [3.8, 4) is 0 Å². The first-order valence-electron chi connectivity index (χ1n) is 5.98. The number of nitrogens with zero attached hydrogens (tertiary/aromatic N) is 4. The smallest absolute Gasteiger partial charge is 0.178 e. The van der Waals surface area contributed by atoms with Crippen molar-refractivity contribution < 1.29 is 0 Å². The fourth-order valence-electron chi connectivity index (χ4n) is 1.70. The Bertz CT molecular complexity index is 752. The van der Waals surface area contributed by atoms with Gasteiger partial charge in [0, 0.05) is 30.6 Å². The molecule has 0 amide bonds. The van der Waals surface area contributed by atoms with Gasteiger partial charge in [0.2, 0.25) is 0 Å². The predicted molar refractivity (Wildman–Crippen MR) is 83.8 cm³/mol. The normalized spacial score (nSPS) is 22.4. The van der Waals surface area contributed by atoms with Crippen molar-refractivity contribution in [1.29, 1.82) is 0 Å². The molecular formula is C15H14N4S. The van der Waals surface area contributed by atoms with Crippen LogP contribution < -0.4 is 10.8 Å². The van der Waals surface area contributed by atoms with Crippen molar-refractivity contribution in [2.45, 2.75) is 6.42 Å². The Hall–Kier alpha value is -2.23. The van der Waals surface area contributed by atoms with Crippen LogP contribution >= 0.6 is 11.8 Å². The molecule has 1 aliphatic rings. The summed E-state index contributed by atoms with van der Waals surface area (Å²) < 4.78 is 0. The molecule has 20 heavy (non-hydrogen) atoms. The average Bonchev–Trinajstić information content (AvgIpc) is 2.49. The summed E-state index contributed by atoms with van der Waals surface area (Å²) >= 11 is 1.45. The molecule has 0 unspecified atom stereocenters. The topological polar surface area (TPSA) is 50.5 Å². The SMILES string of the molecule is C=C=C/C1=C(\C=N/C)C/C=c2/nccn/c2=N/C(=C)S1. The summed E-state index contributed by atoms with van der Waals surface area (Å²) in [6.45, 7) is 7.57. The number of hydrogen-bond donors (Lipinski definition) is 0. The molecule has 0 saturated carbocycles. The molecule has 1 aromatic rings. The molecule has 0 aliphatic carbocycles. The van der Waals surface area contributed by atoms with Gasteiger partial charge >= 0.3 is 0 Å². The largest absolute Gasteiger partial charge is 0.296 e. The van der Waals surface area contributed by atoms with Gasteiger partial charge in [0.15, 0.2) is 5.49 Å². The first-order valence-corrected chi connectivity index (χ1v) is 6.80. The average molecular weight is 282 g/mol. The number of thioether (sulfide) groups is 1. The van der Waals surface area contributed by atoms with Crippen LogP contribution in [0, 0.1) is 0 Å². The molecule has 0 saturated heterocycles. The van der Waals surface area contributed by atoms with E-state index in [0.717, 1.165) is 15.8 Å². The summed E-state index contributed by atoms with van der Waals surface area (Å²) in [4.78, 5) is 18.0. The van der Waals surface area contributed by atoms with E-state index in [0.29, 0.717) is 16.9 Å². The maximum absolute atomic E-state index is 4.40. The Morgan fingerprint density at radius 1 is 1.40 bits per heavy atom. The Kier molecular flexibility index (Phi) is 4.82. The van der Waals surface area contributed by atoms with Gasteiger partial charge in [-0.3, -0.25) is 9.98 Å². The minimum atomic E-state index is 0.585. The lowest BCUT2D eigenvalue weighted by Crippen LogP contribution is -2.31. The van der Waals surface area contributed by atoms with Crippen molar-refractivity contribution >= 4 is 24.1 Å². The molecule has 0 aromatic carbocycles. The summed E-state index contributed by atoms with van der Waals surface area (Å²) in [6.07, 6.45) is 9.58. The van der Waals surface area contributed by atoms with Crippen molar-refractivity contribution in [3.05, 3.63) is 63.7 Å². The van der Waals surface area contributed by atoms with Crippen LogP contribution in [0.1, 0.15) is 6.42 Å². The number of aliphatic imine (C=N–C) groups is 1. The third-order valence-corrected chi connectivity index (χ3v) is 3.44. The zero-order valence-corrected chi connectivity index (χ0v) is 12.0. The fraction of sp³-hybridized carbons (Fsp3) is 0.133. The summed E-state index contributed by atoms with van der Waals surface area (Å²) in [6, 6.07) is 0. The summed E-state index contributed by atoms with van der Waals surface area (Å²) in [5.41, 5.74) is 4.42. The molecule has 5 heteroatoms. The molecule has 0 radical (unpaired) electrons. The van der Waals surface area contributed by atoms with Crippen LogP contribution in [0.2, 0.25) is 0 Å². The maximum Gasteiger partial charge on any atom is 0.178 e. The van der Waals surface area contributed by atoms with Crippen molar-refractivity contribution in [2.24, 2.45) is 9.98 Å². The highest BCUT2D eigenvalue weighted by atomic mass is 32.2. The standard InChI is InChI=1S/C15H14N4S/c1-4-5-14-12(10-16-3)6-7-13-15(18-9-8-17-13)19-11(2)20-14/h5,7-10H,1-2,6H2,3H3/b13-7+,14-12+,16-10-,19-15+. The lowest BCUT2D eigenvalue weighted by molar-refractivity contribution is 1.03. The Morgan fingerprint density at radius 3 is 2.95 bits per heavy atom. The molecule has 1 aromatic heterocycles. The van der Waals surface area contributed by atoms with Gasteiger partial charge in [-0.2, -0.15) is 0 Å². The first-order chi connectivity index (χ1) is 9.74. The van der Waals surface area contributed by atoms with E-state index in [-0.39, 0.29) is 0 Å². The molecular weight excluding hydrogens is 268 g/mol. The van der Waals surface area contributed by atoms with Crippen LogP contribution in [0.3, 0.4) is 0 Å². The number of aromatic nitrogens is 2. The second kappa shape index (κ2) is 6.80. The van der Waals surface area contributed by atoms with E-state index in [1.165, 1.54) is 11.8 Å². The lowest BCUT2D eigenvalue weighted by Gasteiger charge is -2.04. The Labute approximate surface area is 121 Å². The highest BCUT2D eigenvalue weighted by Gasteiger charge is 2.07. The zero-order valence-electron chi connectivity index (χ0n) is 11.2. The molecule has 0 N–H and O–H groups in total. The van der Waals surface area contributed by atoms with Crippen LogP contribution in [0.25, 0.3) is 6.08 Å². The van der Waals surface area contributed by atoms with Gasteiger partial charge in [0.05, 0.1) is 5.03 Å². The molecule has 0 fully saturated rings. The van der Waals surface area contributed by atoms with Gasteiger partial charge in [-0.15, -0.1) is 5.73 Å². The lowest BCUT2D eigenvalue weighted by atomic mass is 10.1. The highest BCUT2D eigenvalue weighted by molar-refractivity contribution is 8.06.